The molecule has 0 unspecified atom stereocenters. The minimum atomic E-state index is -1.06. The average Bonchev–Trinajstić information content (AvgIpc) is 3.19. The van der Waals surface area contributed by atoms with Crippen LogP contribution in [0.1, 0.15) is 56.9 Å². The quantitative estimate of drug-likeness (QED) is 0.114. The highest BCUT2D eigenvalue weighted by Gasteiger charge is 2.38. The van der Waals surface area contributed by atoms with Crippen molar-refractivity contribution in [2.45, 2.75) is 84.4 Å². The van der Waals surface area contributed by atoms with Crippen LogP contribution in [0.2, 0.25) is 0 Å². The molecule has 0 aliphatic rings. The average molecular weight is 766 g/mol. The number of nitrogens with zero attached hydrogens (tertiary/aromatic N) is 2. The molecule has 0 aliphatic heterocycles. The Bertz CT molecular complexity index is 1860. The van der Waals surface area contributed by atoms with Gasteiger partial charge in [0.1, 0.15) is 48.4 Å². The van der Waals surface area contributed by atoms with E-state index in [0.717, 1.165) is 22.3 Å². The zero-order valence-electron chi connectivity index (χ0n) is 33.7. The lowest BCUT2D eigenvalue weighted by molar-refractivity contribution is -0.155. The Morgan fingerprint density at radius 3 is 1.45 bits per heavy atom. The number of benzene rings is 4. The summed E-state index contributed by atoms with van der Waals surface area (Å²) in [7, 11) is 4.34. The first kappa shape index (κ1) is 42.9. The van der Waals surface area contributed by atoms with Crippen molar-refractivity contribution in [2.24, 2.45) is 5.92 Å². The van der Waals surface area contributed by atoms with Crippen LogP contribution in [0.15, 0.2) is 109 Å². The van der Waals surface area contributed by atoms with Crippen LogP contribution in [0.4, 0.5) is 4.79 Å². The first-order valence-corrected chi connectivity index (χ1v) is 18.8. The number of amides is 3. The number of hydrogen-bond acceptors (Lipinski definition) is 8. The van der Waals surface area contributed by atoms with Gasteiger partial charge < -0.3 is 34.1 Å². The fourth-order valence-electron chi connectivity index (χ4n) is 5.99. The van der Waals surface area contributed by atoms with E-state index in [-0.39, 0.29) is 18.8 Å². The van der Waals surface area contributed by atoms with Crippen molar-refractivity contribution in [3.63, 3.8) is 0 Å². The van der Waals surface area contributed by atoms with Crippen molar-refractivity contribution >= 4 is 23.9 Å². The Hall–Kier alpha value is -5.84. The maximum absolute atomic E-state index is 14.6. The summed E-state index contributed by atoms with van der Waals surface area (Å²) < 4.78 is 22.5. The third-order valence-corrected chi connectivity index (χ3v) is 9.20. The van der Waals surface area contributed by atoms with Gasteiger partial charge in [-0.15, -0.1) is 0 Å². The van der Waals surface area contributed by atoms with Crippen LogP contribution in [0.25, 0.3) is 0 Å². The molecule has 4 aromatic rings. The number of methoxy groups -OCH3 is 1. The van der Waals surface area contributed by atoms with E-state index in [9.17, 15) is 19.2 Å². The summed E-state index contributed by atoms with van der Waals surface area (Å²) in [6.45, 7) is 9.61. The molecular weight excluding hydrogens is 711 g/mol. The summed E-state index contributed by atoms with van der Waals surface area (Å²) in [5.41, 5.74) is 2.81. The number of esters is 1. The van der Waals surface area contributed by atoms with Gasteiger partial charge in [-0.2, -0.15) is 0 Å². The molecule has 0 saturated heterocycles. The summed E-state index contributed by atoms with van der Waals surface area (Å²) in [6, 6.07) is 31.2. The molecule has 0 heterocycles. The maximum atomic E-state index is 14.6. The molecule has 0 spiro atoms. The Labute approximate surface area is 330 Å². The summed E-state index contributed by atoms with van der Waals surface area (Å²) >= 11 is 0. The first-order valence-electron chi connectivity index (χ1n) is 18.8. The predicted molar refractivity (Wildman–Crippen MR) is 215 cm³/mol. The van der Waals surface area contributed by atoms with E-state index >= 15 is 0 Å². The van der Waals surface area contributed by atoms with Crippen LogP contribution in [0.3, 0.4) is 0 Å². The van der Waals surface area contributed by atoms with Gasteiger partial charge in [0.2, 0.25) is 11.8 Å². The van der Waals surface area contributed by atoms with Crippen LogP contribution in [-0.4, -0.2) is 78.6 Å². The van der Waals surface area contributed by atoms with Gasteiger partial charge in [0.15, 0.2) is 0 Å². The van der Waals surface area contributed by atoms with Crippen LogP contribution >= 0.6 is 0 Å². The van der Waals surface area contributed by atoms with Crippen molar-refractivity contribution in [3.05, 3.63) is 131 Å². The van der Waals surface area contributed by atoms with Gasteiger partial charge in [0.25, 0.3) is 0 Å². The number of rotatable bonds is 17. The molecule has 0 radical (unpaired) electrons. The molecule has 298 valence electrons. The molecule has 3 amide bonds. The largest absolute Gasteiger partial charge is 0.489 e. The topological polar surface area (TPSA) is 124 Å². The van der Waals surface area contributed by atoms with Crippen molar-refractivity contribution in [3.8, 4) is 11.5 Å². The Morgan fingerprint density at radius 1 is 0.607 bits per heavy atom. The number of ether oxygens (including phenoxy) is 4. The van der Waals surface area contributed by atoms with Crippen molar-refractivity contribution in [1.29, 1.82) is 0 Å². The molecule has 0 bridgehead atoms. The fourth-order valence-corrected chi connectivity index (χ4v) is 5.99. The third kappa shape index (κ3) is 12.9. The normalized spacial score (nSPS) is 12.8. The van der Waals surface area contributed by atoms with Gasteiger partial charge >= 0.3 is 12.1 Å². The van der Waals surface area contributed by atoms with Gasteiger partial charge in [-0.25, -0.2) is 9.59 Å². The number of likely N-dealkylation sites (N-methyl/N-ethyl adjacent to an activating group) is 2. The highest BCUT2D eigenvalue weighted by atomic mass is 16.6. The van der Waals surface area contributed by atoms with Crippen molar-refractivity contribution in [2.75, 3.05) is 21.2 Å². The second-order valence-corrected chi connectivity index (χ2v) is 15.1. The monoisotopic (exact) mass is 765 g/mol. The lowest BCUT2D eigenvalue weighted by Gasteiger charge is -2.36. The van der Waals surface area contributed by atoms with Crippen molar-refractivity contribution < 1.29 is 38.1 Å². The Kier molecular flexibility index (Phi) is 15.5. The first-order chi connectivity index (χ1) is 26.6. The molecule has 4 aromatic carbocycles. The molecule has 0 fully saturated rings. The summed E-state index contributed by atoms with van der Waals surface area (Å²) in [5, 5.41) is 2.70. The minimum absolute atomic E-state index is 0.114. The van der Waals surface area contributed by atoms with Gasteiger partial charge in [0, 0.05) is 26.9 Å². The van der Waals surface area contributed by atoms with E-state index in [2.05, 4.69) is 5.32 Å². The smallest absolute Gasteiger partial charge is 0.408 e. The standard InChI is InChI=1S/C45H55N3O8/c1-31(2)40(46-44(52)56-45(3,4)5)42(50)47(6)38(27-32-19-23-36(24-20-32)54-29-34-15-11-9-12-16-34)41(49)48(7)39(43(51)53-8)28-33-21-25-37(26-22-33)55-30-35-17-13-10-14-18-35/h9-26,31,38-40H,27-30H2,1-8H3,(H,46,52)/t38-,39-,40-/m0/s1. The second kappa shape index (κ2) is 20.2. The third-order valence-electron chi connectivity index (χ3n) is 9.20. The maximum Gasteiger partial charge on any atom is 0.408 e. The molecule has 11 heteroatoms. The van der Waals surface area contributed by atoms with Gasteiger partial charge in [0.05, 0.1) is 7.11 Å². The number of nitrogens with one attached hydrogen (secondary N) is 1. The Morgan fingerprint density at radius 2 is 1.04 bits per heavy atom. The van der Waals surface area contributed by atoms with E-state index in [4.69, 9.17) is 18.9 Å². The molecule has 11 nitrogen and oxygen atoms in total. The molecule has 0 saturated carbocycles. The highest BCUT2D eigenvalue weighted by Crippen LogP contribution is 2.22. The number of carbonyl (C=O) groups is 4. The van der Waals surface area contributed by atoms with Gasteiger partial charge in [-0.3, -0.25) is 9.59 Å². The van der Waals surface area contributed by atoms with Crippen molar-refractivity contribution in [1.82, 2.24) is 15.1 Å². The van der Waals surface area contributed by atoms with Gasteiger partial charge in [-0.1, -0.05) is 98.8 Å². The van der Waals surface area contributed by atoms with E-state index < -0.39 is 47.6 Å². The minimum Gasteiger partial charge on any atom is -0.489 e. The van der Waals surface area contributed by atoms with Crippen LogP contribution < -0.4 is 14.8 Å². The van der Waals surface area contributed by atoms with E-state index in [1.54, 1.807) is 34.6 Å². The highest BCUT2D eigenvalue weighted by molar-refractivity contribution is 5.93. The zero-order chi connectivity index (χ0) is 40.8. The summed E-state index contributed by atoms with van der Waals surface area (Å²) in [5.74, 6) is -0.609. The molecular formula is C45H55N3O8. The number of carbonyl (C=O) groups excluding carboxylic acids is 4. The predicted octanol–water partition coefficient (Wildman–Crippen LogP) is 7.01. The van der Waals surface area contributed by atoms with Crippen LogP contribution in [-0.2, 0) is 49.9 Å². The summed E-state index contributed by atoms with van der Waals surface area (Å²) in [4.78, 5) is 57.6. The zero-order valence-corrected chi connectivity index (χ0v) is 33.7. The van der Waals surface area contributed by atoms with Crippen LogP contribution in [0.5, 0.6) is 11.5 Å². The van der Waals surface area contributed by atoms with E-state index in [1.165, 1.54) is 31.0 Å². The Balaban J connectivity index is 1.57. The lowest BCUT2D eigenvalue weighted by Crippen LogP contribution is -2.58. The second-order valence-electron chi connectivity index (χ2n) is 15.1. The van der Waals surface area contributed by atoms with Gasteiger partial charge in [-0.05, 0) is 73.2 Å². The number of alkyl carbamates (subject to hydrolysis) is 1. The molecule has 0 aliphatic carbocycles. The SMILES string of the molecule is COC(=O)[C@H](Cc1ccc(OCc2ccccc2)cc1)N(C)C(=O)[C@H](Cc1ccc(OCc2ccccc2)cc1)N(C)C(=O)[C@@H](NC(=O)OC(C)(C)C)C(C)C. The molecule has 3 atom stereocenters. The fraction of sp³-hybridized carbons (Fsp3) is 0.378. The molecule has 1 N–H and O–H groups in total. The lowest BCUT2D eigenvalue weighted by atomic mass is 9.98. The van der Waals surface area contributed by atoms with Crippen LogP contribution in [0, 0.1) is 5.92 Å². The molecule has 4 rings (SSSR count). The van der Waals surface area contributed by atoms with E-state index in [0.29, 0.717) is 24.7 Å². The molecule has 56 heavy (non-hydrogen) atoms. The molecule has 0 aromatic heterocycles. The number of hydrogen-bond donors (Lipinski definition) is 1. The summed E-state index contributed by atoms with van der Waals surface area (Å²) in [6.07, 6.45) is -0.477. The van der Waals surface area contributed by atoms with E-state index in [1.807, 2.05) is 109 Å².